The summed E-state index contributed by atoms with van der Waals surface area (Å²) in [6.07, 6.45) is 0. The Labute approximate surface area is 134 Å². The Hall–Kier alpha value is -0.840. The van der Waals surface area contributed by atoms with Gasteiger partial charge in [-0.15, -0.1) is 0 Å². The number of benzene rings is 2. The predicted octanol–water partition coefficient (Wildman–Crippen LogP) is 6.21. The number of hydrogen-bond acceptors (Lipinski definition) is 1. The zero-order valence-corrected chi connectivity index (χ0v) is 13.5. The Morgan fingerprint density at radius 1 is 1.20 bits per heavy atom. The fourth-order valence-corrected chi connectivity index (χ4v) is 2.82. The topological polar surface area (TPSA) is 12.0 Å². The van der Waals surface area contributed by atoms with Gasteiger partial charge in [0.05, 0.1) is 21.8 Å². The van der Waals surface area contributed by atoms with E-state index in [0.29, 0.717) is 14.5 Å². The van der Waals surface area contributed by atoms with Gasteiger partial charge < -0.3 is 5.32 Å². The van der Waals surface area contributed by atoms with Crippen LogP contribution in [0.4, 0.5) is 14.5 Å². The van der Waals surface area contributed by atoms with Crippen molar-refractivity contribution < 1.29 is 8.78 Å². The first-order valence-corrected chi connectivity index (χ1v) is 7.30. The molecule has 0 bridgehead atoms. The van der Waals surface area contributed by atoms with Crippen LogP contribution >= 0.6 is 39.1 Å². The van der Waals surface area contributed by atoms with Crippen molar-refractivity contribution in [2.24, 2.45) is 0 Å². The summed E-state index contributed by atoms with van der Waals surface area (Å²) in [5, 5.41) is 3.80. The molecule has 106 valence electrons. The molecule has 1 unspecified atom stereocenters. The normalized spacial score (nSPS) is 12.3. The van der Waals surface area contributed by atoms with Gasteiger partial charge in [0.1, 0.15) is 11.6 Å². The van der Waals surface area contributed by atoms with Crippen LogP contribution in [0.3, 0.4) is 0 Å². The average molecular weight is 381 g/mol. The van der Waals surface area contributed by atoms with Crippen molar-refractivity contribution in [3.8, 4) is 0 Å². The highest BCUT2D eigenvalue weighted by atomic mass is 79.9. The fraction of sp³-hybridized carbons (Fsp3) is 0.143. The maximum atomic E-state index is 13.8. The summed E-state index contributed by atoms with van der Waals surface area (Å²) in [5.74, 6) is -1.32. The molecule has 0 spiro atoms. The molecule has 0 aromatic heterocycles. The molecule has 1 N–H and O–H groups in total. The van der Waals surface area contributed by atoms with Crippen LogP contribution in [0.25, 0.3) is 0 Å². The summed E-state index contributed by atoms with van der Waals surface area (Å²) in [7, 11) is 0. The molecular formula is C14H10BrCl2F2N. The minimum Gasteiger partial charge on any atom is -0.375 e. The third kappa shape index (κ3) is 3.25. The van der Waals surface area contributed by atoms with Gasteiger partial charge in [0.15, 0.2) is 0 Å². The monoisotopic (exact) mass is 379 g/mol. The van der Waals surface area contributed by atoms with Gasteiger partial charge in [-0.2, -0.15) is 0 Å². The van der Waals surface area contributed by atoms with Gasteiger partial charge in [-0.25, -0.2) is 8.78 Å². The van der Waals surface area contributed by atoms with E-state index in [1.54, 1.807) is 18.2 Å². The van der Waals surface area contributed by atoms with E-state index in [1.807, 2.05) is 6.92 Å². The smallest absolute Gasteiger partial charge is 0.150 e. The van der Waals surface area contributed by atoms with Crippen LogP contribution in [0, 0.1) is 11.6 Å². The first kappa shape index (κ1) is 15.5. The molecule has 1 nitrogen and oxygen atoms in total. The molecule has 0 saturated carbocycles. The van der Waals surface area contributed by atoms with E-state index in [0.717, 1.165) is 11.6 Å². The second-order valence-corrected chi connectivity index (χ2v) is 5.89. The van der Waals surface area contributed by atoms with Gasteiger partial charge in [-0.3, -0.25) is 0 Å². The van der Waals surface area contributed by atoms with Crippen molar-refractivity contribution in [1.82, 2.24) is 0 Å². The molecule has 0 aliphatic rings. The third-order valence-corrected chi connectivity index (χ3v) is 4.27. The van der Waals surface area contributed by atoms with E-state index >= 15 is 0 Å². The maximum absolute atomic E-state index is 13.8. The van der Waals surface area contributed by atoms with Gasteiger partial charge in [-0.1, -0.05) is 35.3 Å². The van der Waals surface area contributed by atoms with Crippen LogP contribution in [0.2, 0.25) is 10.0 Å². The van der Waals surface area contributed by atoms with E-state index in [-0.39, 0.29) is 11.7 Å². The molecule has 6 heteroatoms. The van der Waals surface area contributed by atoms with E-state index in [9.17, 15) is 8.78 Å². The van der Waals surface area contributed by atoms with E-state index in [2.05, 4.69) is 21.2 Å². The number of nitrogens with one attached hydrogen (secondary N) is 1. The quantitative estimate of drug-likeness (QED) is 0.667. The van der Waals surface area contributed by atoms with E-state index in [1.165, 1.54) is 6.07 Å². The summed E-state index contributed by atoms with van der Waals surface area (Å²) in [6, 6.07) is 6.95. The molecule has 2 aromatic carbocycles. The lowest BCUT2D eigenvalue weighted by Gasteiger charge is -2.19. The van der Waals surface area contributed by atoms with Gasteiger partial charge in [-0.05, 0) is 40.5 Å². The molecule has 0 fully saturated rings. The lowest BCUT2D eigenvalue weighted by molar-refractivity contribution is 0.582. The Kier molecular flexibility index (Phi) is 4.89. The molecule has 0 amide bonds. The van der Waals surface area contributed by atoms with Crippen LogP contribution < -0.4 is 5.32 Å². The highest BCUT2D eigenvalue weighted by molar-refractivity contribution is 9.10. The minimum absolute atomic E-state index is 0.176. The van der Waals surface area contributed by atoms with Crippen LogP contribution in [0.1, 0.15) is 18.5 Å². The number of hydrogen-bond donors (Lipinski definition) is 1. The molecule has 0 radical (unpaired) electrons. The van der Waals surface area contributed by atoms with Crippen molar-refractivity contribution in [3.05, 3.63) is 62.0 Å². The van der Waals surface area contributed by atoms with Gasteiger partial charge in [0.25, 0.3) is 0 Å². The van der Waals surface area contributed by atoms with Gasteiger partial charge in [0.2, 0.25) is 0 Å². The molecular weight excluding hydrogens is 371 g/mol. The number of anilines is 1. The average Bonchev–Trinajstić information content (AvgIpc) is 2.36. The van der Waals surface area contributed by atoms with Crippen LogP contribution in [0.15, 0.2) is 34.8 Å². The van der Waals surface area contributed by atoms with Crippen LogP contribution in [-0.4, -0.2) is 0 Å². The van der Waals surface area contributed by atoms with E-state index in [4.69, 9.17) is 23.2 Å². The lowest BCUT2D eigenvalue weighted by atomic mass is 10.1. The first-order chi connectivity index (χ1) is 9.40. The van der Waals surface area contributed by atoms with Crippen molar-refractivity contribution in [1.29, 1.82) is 0 Å². The standard InChI is InChI=1S/C14H10BrCl2F2N/c1-7(9-3-2-4-11(16)13(9)17)20-14-10(15)5-8(18)6-12(14)19/h2-7,20H,1H3. The molecule has 0 aliphatic heterocycles. The largest absolute Gasteiger partial charge is 0.375 e. The van der Waals surface area contributed by atoms with Crippen LogP contribution in [0.5, 0.6) is 0 Å². The van der Waals surface area contributed by atoms with Crippen molar-refractivity contribution in [2.45, 2.75) is 13.0 Å². The Bertz CT molecular complexity index is 626. The highest BCUT2D eigenvalue weighted by Gasteiger charge is 2.16. The zero-order chi connectivity index (χ0) is 14.9. The molecule has 0 aliphatic carbocycles. The second kappa shape index (κ2) is 6.29. The Balaban J connectivity index is 2.33. The maximum Gasteiger partial charge on any atom is 0.150 e. The fourth-order valence-electron chi connectivity index (χ4n) is 1.83. The van der Waals surface area contributed by atoms with Gasteiger partial charge in [0, 0.05) is 10.5 Å². The molecule has 20 heavy (non-hydrogen) atoms. The summed E-state index contributed by atoms with van der Waals surface area (Å²) >= 11 is 15.2. The van der Waals surface area contributed by atoms with Crippen molar-refractivity contribution in [3.63, 3.8) is 0 Å². The molecule has 2 rings (SSSR count). The zero-order valence-electron chi connectivity index (χ0n) is 10.4. The molecule has 0 heterocycles. The summed E-state index contributed by atoms with van der Waals surface area (Å²) < 4.78 is 27.1. The van der Waals surface area contributed by atoms with Crippen molar-refractivity contribution in [2.75, 3.05) is 5.32 Å². The SMILES string of the molecule is CC(Nc1c(F)cc(F)cc1Br)c1cccc(Cl)c1Cl. The highest BCUT2D eigenvalue weighted by Crippen LogP contribution is 2.34. The molecule has 1 atom stereocenters. The van der Waals surface area contributed by atoms with Gasteiger partial charge >= 0.3 is 0 Å². The Morgan fingerprint density at radius 2 is 1.90 bits per heavy atom. The first-order valence-electron chi connectivity index (χ1n) is 5.75. The second-order valence-electron chi connectivity index (χ2n) is 4.25. The lowest BCUT2D eigenvalue weighted by Crippen LogP contribution is -2.09. The molecule has 0 saturated heterocycles. The summed E-state index contributed by atoms with van der Waals surface area (Å²) in [5.41, 5.74) is 0.907. The number of rotatable bonds is 3. The number of halogens is 5. The Morgan fingerprint density at radius 3 is 2.55 bits per heavy atom. The minimum atomic E-state index is -0.679. The third-order valence-electron chi connectivity index (χ3n) is 2.82. The predicted molar refractivity (Wildman–Crippen MR) is 82.6 cm³/mol. The summed E-state index contributed by atoms with van der Waals surface area (Å²) in [6.45, 7) is 1.81. The van der Waals surface area contributed by atoms with E-state index < -0.39 is 11.6 Å². The van der Waals surface area contributed by atoms with Crippen LogP contribution in [-0.2, 0) is 0 Å². The van der Waals surface area contributed by atoms with Crippen molar-refractivity contribution >= 4 is 44.8 Å². The molecule has 2 aromatic rings. The summed E-state index contributed by atoms with van der Waals surface area (Å²) in [4.78, 5) is 0.